The molecule has 0 unspecified atom stereocenters. The zero-order chi connectivity index (χ0) is 12.0. The first kappa shape index (κ1) is 10.8. The van der Waals surface area contributed by atoms with Crippen molar-refractivity contribution in [3.05, 3.63) is 22.7 Å². The van der Waals surface area contributed by atoms with Crippen LogP contribution >= 0.6 is 12.2 Å². The fourth-order valence-corrected chi connectivity index (χ4v) is 2.65. The van der Waals surface area contributed by atoms with E-state index in [1.54, 1.807) is 6.07 Å². The second-order valence-corrected chi connectivity index (χ2v) is 4.78. The van der Waals surface area contributed by atoms with Crippen molar-refractivity contribution >= 4 is 23.3 Å². The van der Waals surface area contributed by atoms with Crippen molar-refractivity contribution in [1.82, 2.24) is 9.55 Å². The lowest BCUT2D eigenvalue weighted by molar-refractivity contribution is 0.317. The minimum atomic E-state index is -0.364. The molecule has 1 aliphatic carbocycles. The summed E-state index contributed by atoms with van der Waals surface area (Å²) in [5.74, 6) is -0.100. The van der Waals surface area contributed by atoms with Crippen LogP contribution in [0.25, 0.3) is 11.0 Å². The Morgan fingerprint density at radius 3 is 2.82 bits per heavy atom. The van der Waals surface area contributed by atoms with Crippen molar-refractivity contribution in [1.29, 1.82) is 0 Å². The summed E-state index contributed by atoms with van der Waals surface area (Å²) in [6.07, 6.45) is 3.51. The van der Waals surface area contributed by atoms with Crippen molar-refractivity contribution in [3.63, 3.8) is 0 Å². The number of nitrogens with one attached hydrogen (secondary N) is 1. The smallest absolute Gasteiger partial charge is 0.178 e. The lowest BCUT2D eigenvalue weighted by atomic mass is 9.93. The molecule has 1 aromatic heterocycles. The molecule has 0 atom stereocenters. The Morgan fingerprint density at radius 1 is 1.47 bits per heavy atom. The average Bonchev–Trinajstić information content (AvgIpc) is 2.52. The Bertz CT molecular complexity index is 627. The predicted octanol–water partition coefficient (Wildman–Crippen LogP) is 3.57. The molecule has 90 valence electrons. The maximum absolute atomic E-state index is 13.6. The molecule has 0 bridgehead atoms. The summed E-state index contributed by atoms with van der Waals surface area (Å²) in [4.78, 5) is 3.05. The van der Waals surface area contributed by atoms with Crippen molar-refractivity contribution in [3.8, 4) is 5.75 Å². The molecule has 2 aromatic rings. The number of imidazole rings is 1. The van der Waals surface area contributed by atoms with Crippen LogP contribution < -0.4 is 4.74 Å². The predicted molar refractivity (Wildman–Crippen MR) is 66.5 cm³/mol. The van der Waals surface area contributed by atoms with E-state index < -0.39 is 0 Å². The van der Waals surface area contributed by atoms with Gasteiger partial charge in [0.2, 0.25) is 0 Å². The highest BCUT2D eigenvalue weighted by Gasteiger charge is 2.22. The summed E-state index contributed by atoms with van der Waals surface area (Å²) < 4.78 is 21.3. The third kappa shape index (κ3) is 1.57. The summed E-state index contributed by atoms with van der Waals surface area (Å²) in [5, 5.41) is 0. The topological polar surface area (TPSA) is 29.9 Å². The van der Waals surface area contributed by atoms with E-state index in [0.29, 0.717) is 10.8 Å². The number of ether oxygens (including phenoxy) is 1. The number of aromatic nitrogens is 2. The van der Waals surface area contributed by atoms with E-state index in [9.17, 15) is 4.39 Å². The van der Waals surface area contributed by atoms with Gasteiger partial charge in [0.15, 0.2) is 16.3 Å². The number of aromatic amines is 1. The summed E-state index contributed by atoms with van der Waals surface area (Å²) in [7, 11) is 1.47. The van der Waals surface area contributed by atoms with Crippen LogP contribution in [0.4, 0.5) is 4.39 Å². The number of halogens is 1. The molecule has 1 N–H and O–H groups in total. The molecule has 1 saturated carbocycles. The Morgan fingerprint density at radius 2 is 2.24 bits per heavy atom. The van der Waals surface area contributed by atoms with Gasteiger partial charge in [-0.1, -0.05) is 0 Å². The minimum Gasteiger partial charge on any atom is -0.494 e. The minimum absolute atomic E-state index is 0.263. The number of benzene rings is 1. The molecule has 0 amide bonds. The first-order valence-electron chi connectivity index (χ1n) is 5.68. The summed E-state index contributed by atoms with van der Waals surface area (Å²) >= 11 is 5.30. The van der Waals surface area contributed by atoms with Crippen molar-refractivity contribution in [2.75, 3.05) is 7.11 Å². The molecule has 0 saturated heterocycles. The standard InChI is InChI=1S/C12H13FN2OS/c1-16-11-6-10-9(5-8(11)13)14-12(17)15(10)7-3-2-4-7/h5-7H,2-4H2,1H3,(H,14,17). The largest absolute Gasteiger partial charge is 0.494 e. The van der Waals surface area contributed by atoms with Gasteiger partial charge < -0.3 is 14.3 Å². The quantitative estimate of drug-likeness (QED) is 0.828. The van der Waals surface area contributed by atoms with E-state index in [4.69, 9.17) is 17.0 Å². The number of nitrogens with zero attached hydrogens (tertiary/aromatic N) is 1. The van der Waals surface area contributed by atoms with Gasteiger partial charge in [0, 0.05) is 18.2 Å². The fourth-order valence-electron chi connectivity index (χ4n) is 2.29. The van der Waals surface area contributed by atoms with Crippen LogP contribution in [0.2, 0.25) is 0 Å². The van der Waals surface area contributed by atoms with Gasteiger partial charge in [0.05, 0.1) is 18.1 Å². The first-order chi connectivity index (χ1) is 8.20. The second-order valence-electron chi connectivity index (χ2n) is 4.39. The average molecular weight is 252 g/mol. The monoisotopic (exact) mass is 252 g/mol. The third-order valence-electron chi connectivity index (χ3n) is 3.43. The lowest BCUT2D eigenvalue weighted by Crippen LogP contribution is -2.16. The highest BCUT2D eigenvalue weighted by molar-refractivity contribution is 7.71. The summed E-state index contributed by atoms with van der Waals surface area (Å²) in [6.45, 7) is 0. The normalized spacial score (nSPS) is 16.1. The van der Waals surface area contributed by atoms with E-state index in [0.717, 1.165) is 23.9 Å². The van der Waals surface area contributed by atoms with Crippen LogP contribution in [0.3, 0.4) is 0 Å². The lowest BCUT2D eigenvalue weighted by Gasteiger charge is -2.27. The molecule has 1 aliphatic rings. The third-order valence-corrected chi connectivity index (χ3v) is 3.73. The molecule has 17 heavy (non-hydrogen) atoms. The maximum atomic E-state index is 13.6. The van der Waals surface area contributed by atoms with Gasteiger partial charge in [-0.25, -0.2) is 4.39 Å². The van der Waals surface area contributed by atoms with Gasteiger partial charge in [0.25, 0.3) is 0 Å². The van der Waals surface area contributed by atoms with Gasteiger partial charge in [-0.05, 0) is 31.5 Å². The van der Waals surface area contributed by atoms with Gasteiger partial charge >= 0.3 is 0 Å². The molecule has 1 fully saturated rings. The number of hydrogen-bond donors (Lipinski definition) is 1. The maximum Gasteiger partial charge on any atom is 0.178 e. The number of rotatable bonds is 2. The summed E-state index contributed by atoms with van der Waals surface area (Å²) in [5.41, 5.74) is 1.66. The zero-order valence-electron chi connectivity index (χ0n) is 9.50. The van der Waals surface area contributed by atoms with Crippen LogP contribution in [0.5, 0.6) is 5.75 Å². The van der Waals surface area contributed by atoms with E-state index >= 15 is 0 Å². The van der Waals surface area contributed by atoms with Crippen molar-refractivity contribution in [2.45, 2.75) is 25.3 Å². The molecular formula is C12H13FN2OS. The Balaban J connectivity index is 2.27. The molecule has 3 rings (SSSR count). The first-order valence-corrected chi connectivity index (χ1v) is 6.09. The van der Waals surface area contributed by atoms with E-state index in [1.165, 1.54) is 19.6 Å². The van der Waals surface area contributed by atoms with E-state index in [2.05, 4.69) is 9.55 Å². The van der Waals surface area contributed by atoms with Crippen molar-refractivity contribution in [2.24, 2.45) is 0 Å². The number of H-pyrrole nitrogens is 1. The molecule has 5 heteroatoms. The molecule has 1 aromatic carbocycles. The Kier molecular flexibility index (Phi) is 2.43. The zero-order valence-corrected chi connectivity index (χ0v) is 10.3. The fraction of sp³-hybridized carbons (Fsp3) is 0.417. The molecule has 0 spiro atoms. The summed E-state index contributed by atoms with van der Waals surface area (Å²) in [6, 6.07) is 3.61. The van der Waals surface area contributed by atoms with Crippen LogP contribution in [0.15, 0.2) is 12.1 Å². The van der Waals surface area contributed by atoms with Gasteiger partial charge in [-0.2, -0.15) is 0 Å². The molecule has 1 heterocycles. The van der Waals surface area contributed by atoms with Crippen LogP contribution in [-0.4, -0.2) is 16.7 Å². The Labute approximate surface area is 103 Å². The van der Waals surface area contributed by atoms with Crippen molar-refractivity contribution < 1.29 is 9.13 Å². The van der Waals surface area contributed by atoms with Crippen LogP contribution in [0.1, 0.15) is 25.3 Å². The van der Waals surface area contributed by atoms with Gasteiger partial charge in [-0.15, -0.1) is 0 Å². The van der Waals surface area contributed by atoms with Gasteiger partial charge in [0.1, 0.15) is 0 Å². The van der Waals surface area contributed by atoms with E-state index in [-0.39, 0.29) is 11.6 Å². The highest BCUT2D eigenvalue weighted by atomic mass is 32.1. The molecule has 0 radical (unpaired) electrons. The number of methoxy groups -OCH3 is 1. The molecule has 3 nitrogen and oxygen atoms in total. The molecule has 0 aliphatic heterocycles. The number of hydrogen-bond acceptors (Lipinski definition) is 2. The highest BCUT2D eigenvalue weighted by Crippen LogP contribution is 2.35. The second kappa shape index (κ2) is 3.84. The van der Waals surface area contributed by atoms with Gasteiger partial charge in [-0.3, -0.25) is 0 Å². The molecular weight excluding hydrogens is 239 g/mol. The van der Waals surface area contributed by atoms with Crippen LogP contribution in [0, 0.1) is 10.6 Å². The SMILES string of the molecule is COc1cc2c(cc1F)[nH]c(=S)n2C1CCC1. The Hall–Kier alpha value is -1.36. The van der Waals surface area contributed by atoms with E-state index in [1.807, 2.05) is 0 Å². The number of fused-ring (bicyclic) bond motifs is 1. The van der Waals surface area contributed by atoms with Crippen LogP contribution in [-0.2, 0) is 0 Å².